The number of aromatic nitrogens is 2. The number of ketones is 1. The van der Waals surface area contributed by atoms with Crippen molar-refractivity contribution in [3.63, 3.8) is 0 Å². The van der Waals surface area contributed by atoms with E-state index >= 15 is 0 Å². The molecule has 3 nitrogen and oxygen atoms in total. The zero-order valence-electron chi connectivity index (χ0n) is 19.8. The Kier molecular flexibility index (Phi) is 5.11. The fourth-order valence-electron chi connectivity index (χ4n) is 9.57. The Morgan fingerprint density at radius 3 is 2.77 bits per heavy atom. The van der Waals surface area contributed by atoms with Crippen LogP contribution in [0.2, 0.25) is 0 Å². The van der Waals surface area contributed by atoms with Crippen molar-refractivity contribution < 1.29 is 4.79 Å². The second-order valence-corrected chi connectivity index (χ2v) is 12.5. The molecule has 0 radical (unpaired) electrons. The summed E-state index contributed by atoms with van der Waals surface area (Å²) in [6, 6.07) is 0. The molecule has 0 spiro atoms. The number of nitrogens with zero attached hydrogens (tertiary/aromatic N) is 2. The maximum atomic E-state index is 13.6. The molecule has 0 N–H and O–H groups in total. The summed E-state index contributed by atoms with van der Waals surface area (Å²) in [5.74, 6) is 6.40. The lowest BCUT2D eigenvalue weighted by Gasteiger charge is -2.56. The van der Waals surface area contributed by atoms with Crippen LogP contribution in [-0.4, -0.2) is 15.6 Å². The highest BCUT2D eigenvalue weighted by Gasteiger charge is 2.58. The molecule has 0 aliphatic heterocycles. The number of rotatable bonds is 3. The van der Waals surface area contributed by atoms with E-state index < -0.39 is 0 Å². The smallest absolute Gasteiger partial charge is 0.157 e. The van der Waals surface area contributed by atoms with Crippen LogP contribution in [0.15, 0.2) is 6.20 Å². The molecule has 170 valence electrons. The highest BCUT2D eigenvalue weighted by Crippen LogP contribution is 2.64. The molecule has 0 bridgehead atoms. The van der Waals surface area contributed by atoms with Crippen molar-refractivity contribution in [1.29, 1.82) is 0 Å². The predicted molar refractivity (Wildman–Crippen MR) is 124 cm³/mol. The van der Waals surface area contributed by atoms with E-state index in [1.807, 2.05) is 6.20 Å². The fraction of sp³-hybridized carbons (Fsp3) is 0.857. The summed E-state index contributed by atoms with van der Waals surface area (Å²) in [7, 11) is 0. The second kappa shape index (κ2) is 7.73. The van der Waals surface area contributed by atoms with E-state index in [1.165, 1.54) is 75.5 Å². The number of fused-ring (bicyclic) bond motifs is 6. The maximum absolute atomic E-state index is 13.6. The van der Waals surface area contributed by atoms with Gasteiger partial charge < -0.3 is 0 Å². The Morgan fingerprint density at radius 2 is 1.87 bits per heavy atom. The Labute approximate surface area is 188 Å². The average Bonchev–Trinajstić information content (AvgIpc) is 3.34. The van der Waals surface area contributed by atoms with Gasteiger partial charge in [0.1, 0.15) is 6.54 Å². The Balaban J connectivity index is 1.18. The number of hydrogen-bond acceptors (Lipinski definition) is 2. The molecule has 1 aromatic heterocycles. The van der Waals surface area contributed by atoms with Gasteiger partial charge in [0.25, 0.3) is 0 Å². The van der Waals surface area contributed by atoms with Gasteiger partial charge in [-0.15, -0.1) is 0 Å². The van der Waals surface area contributed by atoms with Gasteiger partial charge in [-0.1, -0.05) is 20.3 Å². The van der Waals surface area contributed by atoms with Gasteiger partial charge in [0.05, 0.1) is 6.20 Å². The van der Waals surface area contributed by atoms with Gasteiger partial charge in [-0.2, -0.15) is 5.10 Å². The van der Waals surface area contributed by atoms with Gasteiger partial charge in [-0.05, 0) is 124 Å². The van der Waals surface area contributed by atoms with Gasteiger partial charge in [-0.25, -0.2) is 0 Å². The molecule has 0 aromatic carbocycles. The van der Waals surface area contributed by atoms with Crippen LogP contribution < -0.4 is 0 Å². The number of Topliss-reactive ketones (excluding diaryl/α,β-unsaturated/α-hetero) is 1. The van der Waals surface area contributed by atoms with Crippen LogP contribution in [0.4, 0.5) is 0 Å². The highest BCUT2D eigenvalue weighted by atomic mass is 16.1. The van der Waals surface area contributed by atoms with Crippen molar-refractivity contribution in [2.45, 2.75) is 104 Å². The first-order valence-electron chi connectivity index (χ1n) is 13.6. The molecular formula is C28H42N2O. The molecule has 1 aromatic rings. The third kappa shape index (κ3) is 3.27. The van der Waals surface area contributed by atoms with Gasteiger partial charge in [0, 0.05) is 11.6 Å². The molecule has 6 rings (SSSR count). The summed E-state index contributed by atoms with van der Waals surface area (Å²) in [5, 5.41) is 4.65. The molecule has 3 heteroatoms. The topological polar surface area (TPSA) is 34.9 Å². The minimum Gasteiger partial charge on any atom is -0.297 e. The van der Waals surface area contributed by atoms with Crippen molar-refractivity contribution >= 4 is 5.78 Å². The predicted octanol–water partition coefficient (Wildman–Crippen LogP) is 6.24. The van der Waals surface area contributed by atoms with E-state index in [0.717, 1.165) is 54.8 Å². The van der Waals surface area contributed by atoms with Crippen molar-refractivity contribution in [2.75, 3.05) is 0 Å². The van der Waals surface area contributed by atoms with Crippen molar-refractivity contribution in [1.82, 2.24) is 9.78 Å². The monoisotopic (exact) mass is 422 g/mol. The Morgan fingerprint density at radius 1 is 1.03 bits per heavy atom. The summed E-state index contributed by atoms with van der Waals surface area (Å²) < 4.78 is 2.08. The molecule has 5 aliphatic rings. The van der Waals surface area contributed by atoms with Crippen molar-refractivity contribution in [3.8, 4) is 0 Å². The van der Waals surface area contributed by atoms with E-state index in [4.69, 9.17) is 0 Å². The fourth-order valence-corrected chi connectivity index (χ4v) is 9.57. The van der Waals surface area contributed by atoms with Crippen LogP contribution >= 0.6 is 0 Å². The number of carbonyl (C=O) groups excluding carboxylic acids is 1. The quantitative estimate of drug-likeness (QED) is 0.578. The third-order valence-corrected chi connectivity index (χ3v) is 11.1. The highest BCUT2D eigenvalue weighted by molar-refractivity contribution is 5.82. The lowest BCUT2D eigenvalue weighted by Crippen LogP contribution is -2.49. The molecule has 8 atom stereocenters. The summed E-state index contributed by atoms with van der Waals surface area (Å²) in [4.78, 5) is 13.6. The largest absolute Gasteiger partial charge is 0.297 e. The van der Waals surface area contributed by atoms with Crippen LogP contribution in [0.3, 0.4) is 0 Å². The molecule has 8 unspecified atom stereocenters. The number of carbonyl (C=O) groups is 1. The average molecular weight is 423 g/mol. The summed E-state index contributed by atoms with van der Waals surface area (Å²) in [6.45, 7) is 5.51. The summed E-state index contributed by atoms with van der Waals surface area (Å²) >= 11 is 0. The van der Waals surface area contributed by atoms with E-state index in [9.17, 15) is 4.79 Å². The Hall–Kier alpha value is -1.12. The first-order chi connectivity index (χ1) is 15.0. The van der Waals surface area contributed by atoms with Gasteiger partial charge in [-0.3, -0.25) is 9.48 Å². The normalized spacial score (nSPS) is 44.1. The number of hydrogen-bond donors (Lipinski definition) is 0. The molecule has 1 heterocycles. The molecule has 0 saturated heterocycles. The molecule has 31 heavy (non-hydrogen) atoms. The van der Waals surface area contributed by atoms with Crippen LogP contribution in [0.5, 0.6) is 0 Å². The molecule has 0 amide bonds. The van der Waals surface area contributed by atoms with Crippen molar-refractivity contribution in [2.24, 2.45) is 46.8 Å². The lowest BCUT2D eigenvalue weighted by molar-refractivity contribution is -0.131. The lowest BCUT2D eigenvalue weighted by atomic mass is 9.49. The molecular weight excluding hydrogens is 380 g/mol. The van der Waals surface area contributed by atoms with Crippen LogP contribution in [0.1, 0.15) is 95.7 Å². The van der Waals surface area contributed by atoms with Crippen LogP contribution in [0.25, 0.3) is 0 Å². The summed E-state index contributed by atoms with van der Waals surface area (Å²) in [6.07, 6.45) is 19.3. The SMILES string of the molecule is CC1CCC2C(CCC3C2CCC2(C)C(C(=O)Cn4ncc5c4CCCC5)CCC32)C1. The maximum Gasteiger partial charge on any atom is 0.157 e. The van der Waals surface area contributed by atoms with E-state index in [2.05, 4.69) is 23.6 Å². The minimum atomic E-state index is 0.250. The van der Waals surface area contributed by atoms with Crippen LogP contribution in [-0.2, 0) is 24.2 Å². The summed E-state index contributed by atoms with van der Waals surface area (Å²) in [5.41, 5.74) is 3.00. The van der Waals surface area contributed by atoms with Crippen molar-refractivity contribution in [3.05, 3.63) is 17.5 Å². The molecule has 4 saturated carbocycles. The zero-order chi connectivity index (χ0) is 21.2. The zero-order valence-corrected chi connectivity index (χ0v) is 19.8. The number of aryl methyl sites for hydroxylation is 1. The van der Waals surface area contributed by atoms with Gasteiger partial charge in [0.2, 0.25) is 0 Å². The third-order valence-electron chi connectivity index (χ3n) is 11.1. The first-order valence-corrected chi connectivity index (χ1v) is 13.6. The minimum absolute atomic E-state index is 0.250. The van der Waals surface area contributed by atoms with E-state index in [-0.39, 0.29) is 11.3 Å². The van der Waals surface area contributed by atoms with E-state index in [1.54, 1.807) is 0 Å². The van der Waals surface area contributed by atoms with Gasteiger partial charge >= 0.3 is 0 Å². The molecule has 4 fully saturated rings. The Bertz CT molecular complexity index is 842. The first kappa shape index (κ1) is 20.5. The molecule has 5 aliphatic carbocycles. The second-order valence-electron chi connectivity index (χ2n) is 12.5. The van der Waals surface area contributed by atoms with Crippen LogP contribution in [0, 0.1) is 46.8 Å². The van der Waals surface area contributed by atoms with Gasteiger partial charge in [0.15, 0.2) is 5.78 Å². The standard InChI is InChI=1S/C28H42N2O/c1-18-7-9-21-19(15-18)8-10-23-22(21)13-14-28(2)24(23)11-12-25(28)27(31)17-30-26-6-4-3-5-20(26)16-29-30/h16,18-19,21-25H,3-15,17H2,1-2H3. The van der Waals surface area contributed by atoms with E-state index in [0.29, 0.717) is 12.3 Å².